The molecule has 2 unspecified atom stereocenters. The third kappa shape index (κ3) is 2.71. The number of fused-ring (bicyclic) bond motifs is 1. The van der Waals surface area contributed by atoms with E-state index >= 15 is 0 Å². The quantitative estimate of drug-likeness (QED) is 0.776. The summed E-state index contributed by atoms with van der Waals surface area (Å²) in [6.07, 6.45) is 0.684. The molecule has 2 fully saturated rings. The fourth-order valence-electron chi connectivity index (χ4n) is 3.59. The van der Waals surface area contributed by atoms with Crippen LogP contribution in [-0.4, -0.2) is 46.7 Å². The lowest BCUT2D eigenvalue weighted by Crippen LogP contribution is -2.52. The Morgan fingerprint density at radius 2 is 2.08 bits per heavy atom. The van der Waals surface area contributed by atoms with E-state index in [1.54, 1.807) is 4.90 Å². The van der Waals surface area contributed by atoms with Crippen molar-refractivity contribution in [2.45, 2.75) is 31.5 Å². The van der Waals surface area contributed by atoms with Crippen LogP contribution < -0.4 is 10.6 Å². The molecular weight excluding hydrogens is 326 g/mol. The third-order valence-electron chi connectivity index (χ3n) is 4.87. The number of nitrogens with zero attached hydrogens (tertiary/aromatic N) is 1. The van der Waals surface area contributed by atoms with Crippen LogP contribution in [0.3, 0.4) is 0 Å². The van der Waals surface area contributed by atoms with Gasteiger partial charge in [-0.2, -0.15) is 11.8 Å². The number of amides is 3. The van der Waals surface area contributed by atoms with Gasteiger partial charge in [0.2, 0.25) is 11.8 Å². The van der Waals surface area contributed by atoms with Gasteiger partial charge in [-0.25, -0.2) is 0 Å². The smallest absolute Gasteiger partial charge is 0.255 e. The van der Waals surface area contributed by atoms with Gasteiger partial charge in [-0.15, -0.1) is 0 Å². The number of hydrogen-bond acceptors (Lipinski definition) is 5. The summed E-state index contributed by atoms with van der Waals surface area (Å²) in [7, 11) is 0. The zero-order chi connectivity index (χ0) is 16.7. The van der Waals surface area contributed by atoms with E-state index in [4.69, 9.17) is 0 Å². The molecule has 2 saturated heterocycles. The summed E-state index contributed by atoms with van der Waals surface area (Å²) >= 11 is 1.93. The lowest BCUT2D eigenvalue weighted by molar-refractivity contribution is -0.136. The monoisotopic (exact) mass is 345 g/mol. The van der Waals surface area contributed by atoms with E-state index in [9.17, 15) is 14.4 Å². The van der Waals surface area contributed by atoms with Crippen LogP contribution in [0.4, 0.5) is 0 Å². The standard InChI is InChI=1S/C17H19N3O3S/c21-15-4-3-14(16(22)19-15)20-8-11-7-10(1-2-12(11)17(20)23)13-9-24-6-5-18-13/h1-2,7,13-14,18H,3-6,8-9H2,(H,19,21,22). The summed E-state index contributed by atoms with van der Waals surface area (Å²) < 4.78 is 0. The summed E-state index contributed by atoms with van der Waals surface area (Å²) in [5.74, 6) is 1.42. The van der Waals surface area contributed by atoms with Gasteiger partial charge in [-0.3, -0.25) is 19.7 Å². The van der Waals surface area contributed by atoms with Crippen LogP contribution in [-0.2, 0) is 16.1 Å². The number of carbonyl (C=O) groups is 3. The fraction of sp³-hybridized carbons (Fsp3) is 0.471. The third-order valence-corrected chi connectivity index (χ3v) is 5.93. The van der Waals surface area contributed by atoms with Crippen LogP contribution in [0.25, 0.3) is 0 Å². The molecule has 0 bridgehead atoms. The highest BCUT2D eigenvalue weighted by Crippen LogP contribution is 2.31. The molecule has 1 aromatic carbocycles. The number of thioether (sulfide) groups is 1. The Hall–Kier alpha value is -1.86. The second kappa shape index (κ2) is 6.22. The van der Waals surface area contributed by atoms with E-state index in [2.05, 4.69) is 16.7 Å². The molecule has 126 valence electrons. The highest BCUT2D eigenvalue weighted by atomic mass is 32.2. The number of rotatable bonds is 2. The first kappa shape index (κ1) is 15.7. The van der Waals surface area contributed by atoms with Gasteiger partial charge in [0.25, 0.3) is 5.91 Å². The predicted molar refractivity (Wildman–Crippen MR) is 90.6 cm³/mol. The van der Waals surface area contributed by atoms with E-state index < -0.39 is 6.04 Å². The Morgan fingerprint density at radius 3 is 2.83 bits per heavy atom. The number of nitrogens with one attached hydrogen (secondary N) is 2. The number of benzene rings is 1. The summed E-state index contributed by atoms with van der Waals surface area (Å²) in [6.45, 7) is 1.43. The van der Waals surface area contributed by atoms with Crippen molar-refractivity contribution in [3.8, 4) is 0 Å². The van der Waals surface area contributed by atoms with Gasteiger partial charge in [0.05, 0.1) is 0 Å². The Labute approximate surface area is 144 Å². The molecule has 3 aliphatic heterocycles. The Kier molecular flexibility index (Phi) is 4.05. The van der Waals surface area contributed by atoms with E-state index in [0.29, 0.717) is 24.6 Å². The SMILES string of the molecule is O=C1CCC(N2Cc3cc(C4CSCCN4)ccc3C2=O)C(=O)N1. The van der Waals surface area contributed by atoms with Crippen molar-refractivity contribution >= 4 is 29.5 Å². The van der Waals surface area contributed by atoms with Crippen LogP contribution in [0, 0.1) is 0 Å². The summed E-state index contributed by atoms with van der Waals surface area (Å²) in [6, 6.07) is 5.74. The van der Waals surface area contributed by atoms with Crippen molar-refractivity contribution in [3.05, 3.63) is 34.9 Å². The van der Waals surface area contributed by atoms with Crippen molar-refractivity contribution in [1.29, 1.82) is 0 Å². The first-order valence-electron chi connectivity index (χ1n) is 8.22. The summed E-state index contributed by atoms with van der Waals surface area (Å²) in [5, 5.41) is 5.84. The van der Waals surface area contributed by atoms with Crippen LogP contribution >= 0.6 is 11.8 Å². The zero-order valence-corrected chi connectivity index (χ0v) is 14.0. The van der Waals surface area contributed by atoms with Gasteiger partial charge < -0.3 is 10.2 Å². The lowest BCUT2D eigenvalue weighted by Gasteiger charge is -2.29. The average molecular weight is 345 g/mol. The second-order valence-electron chi connectivity index (χ2n) is 6.40. The molecule has 2 atom stereocenters. The van der Waals surface area contributed by atoms with E-state index in [1.807, 2.05) is 23.9 Å². The molecule has 0 saturated carbocycles. The van der Waals surface area contributed by atoms with Crippen molar-refractivity contribution in [3.63, 3.8) is 0 Å². The maximum atomic E-state index is 12.7. The Bertz CT molecular complexity index is 715. The average Bonchev–Trinajstić information content (AvgIpc) is 2.92. The number of imide groups is 1. The first-order chi connectivity index (χ1) is 11.6. The normalized spacial score (nSPS) is 27.2. The van der Waals surface area contributed by atoms with Gasteiger partial charge in [0.15, 0.2) is 0 Å². The molecule has 1 aromatic rings. The largest absolute Gasteiger partial charge is 0.322 e. The first-order valence-corrected chi connectivity index (χ1v) is 9.37. The van der Waals surface area contributed by atoms with Crippen molar-refractivity contribution in [2.24, 2.45) is 0 Å². The molecule has 6 nitrogen and oxygen atoms in total. The van der Waals surface area contributed by atoms with Crippen molar-refractivity contribution in [2.75, 3.05) is 18.1 Å². The molecule has 0 aliphatic carbocycles. The predicted octanol–water partition coefficient (Wildman–Crippen LogP) is 0.825. The van der Waals surface area contributed by atoms with Gasteiger partial charge >= 0.3 is 0 Å². The molecule has 3 heterocycles. The summed E-state index contributed by atoms with van der Waals surface area (Å²) in [4.78, 5) is 37.6. The molecule has 0 aromatic heterocycles. The molecule has 2 N–H and O–H groups in total. The van der Waals surface area contributed by atoms with Crippen LogP contribution in [0.1, 0.15) is 40.4 Å². The molecule has 3 aliphatic rings. The van der Waals surface area contributed by atoms with Crippen LogP contribution in [0.2, 0.25) is 0 Å². The van der Waals surface area contributed by atoms with Gasteiger partial charge in [0.1, 0.15) is 6.04 Å². The highest BCUT2D eigenvalue weighted by Gasteiger charge is 2.39. The summed E-state index contributed by atoms with van der Waals surface area (Å²) in [5.41, 5.74) is 2.84. The topological polar surface area (TPSA) is 78.5 Å². The van der Waals surface area contributed by atoms with Crippen LogP contribution in [0.5, 0.6) is 0 Å². The van der Waals surface area contributed by atoms with Crippen molar-refractivity contribution < 1.29 is 14.4 Å². The van der Waals surface area contributed by atoms with Gasteiger partial charge in [-0.05, 0) is 23.6 Å². The molecule has 0 spiro atoms. The van der Waals surface area contributed by atoms with Gasteiger partial charge in [-0.1, -0.05) is 12.1 Å². The highest BCUT2D eigenvalue weighted by molar-refractivity contribution is 7.99. The maximum absolute atomic E-state index is 12.7. The zero-order valence-electron chi connectivity index (χ0n) is 13.2. The number of carbonyl (C=O) groups excluding carboxylic acids is 3. The van der Waals surface area contributed by atoms with E-state index in [1.165, 1.54) is 5.56 Å². The van der Waals surface area contributed by atoms with Crippen molar-refractivity contribution in [1.82, 2.24) is 15.5 Å². The van der Waals surface area contributed by atoms with E-state index in [0.717, 1.165) is 23.6 Å². The van der Waals surface area contributed by atoms with Crippen LogP contribution in [0.15, 0.2) is 18.2 Å². The minimum atomic E-state index is -0.547. The molecule has 3 amide bonds. The number of hydrogen-bond donors (Lipinski definition) is 2. The second-order valence-corrected chi connectivity index (χ2v) is 7.55. The molecule has 7 heteroatoms. The van der Waals surface area contributed by atoms with Gasteiger partial charge in [0, 0.05) is 42.6 Å². The molecule has 0 radical (unpaired) electrons. The minimum absolute atomic E-state index is 0.114. The fourth-order valence-corrected chi connectivity index (χ4v) is 4.57. The number of piperidine rings is 1. The molecular formula is C17H19N3O3S. The Morgan fingerprint density at radius 1 is 1.21 bits per heavy atom. The lowest BCUT2D eigenvalue weighted by atomic mass is 10.0. The van der Waals surface area contributed by atoms with E-state index in [-0.39, 0.29) is 24.1 Å². The maximum Gasteiger partial charge on any atom is 0.255 e. The minimum Gasteiger partial charge on any atom is -0.322 e. The molecule has 4 rings (SSSR count). The Balaban J connectivity index is 1.55. The molecule has 24 heavy (non-hydrogen) atoms.